The lowest BCUT2D eigenvalue weighted by molar-refractivity contribution is 0.628. The van der Waals surface area contributed by atoms with Crippen molar-refractivity contribution < 1.29 is 4.39 Å². The third-order valence-corrected chi connectivity index (χ3v) is 2.10. The molecule has 2 aromatic rings. The topological polar surface area (TPSA) is 36.7 Å². The molecule has 0 bridgehead atoms. The van der Waals surface area contributed by atoms with Crippen LogP contribution in [0.15, 0.2) is 42.7 Å². The Kier molecular flexibility index (Phi) is 2.42. The van der Waals surface area contributed by atoms with Gasteiger partial charge in [-0.15, -0.1) is 0 Å². The molecular formula is C12H7FN2. The molecule has 0 saturated heterocycles. The fourth-order valence-electron chi connectivity index (χ4n) is 1.36. The summed E-state index contributed by atoms with van der Waals surface area (Å²) >= 11 is 0. The van der Waals surface area contributed by atoms with Crippen LogP contribution in [0.3, 0.4) is 0 Å². The van der Waals surface area contributed by atoms with Gasteiger partial charge in [-0.3, -0.25) is 4.98 Å². The maximum Gasteiger partial charge on any atom is 0.123 e. The van der Waals surface area contributed by atoms with Gasteiger partial charge in [-0.2, -0.15) is 5.26 Å². The van der Waals surface area contributed by atoms with E-state index < -0.39 is 0 Å². The van der Waals surface area contributed by atoms with E-state index in [1.165, 1.54) is 18.3 Å². The Bertz CT molecular complexity index is 512. The number of nitriles is 1. The third-order valence-electron chi connectivity index (χ3n) is 2.10. The van der Waals surface area contributed by atoms with E-state index in [2.05, 4.69) is 11.1 Å². The zero-order chi connectivity index (χ0) is 10.7. The molecule has 1 heterocycles. The van der Waals surface area contributed by atoms with Gasteiger partial charge in [0.05, 0.1) is 5.56 Å². The van der Waals surface area contributed by atoms with Gasteiger partial charge in [0, 0.05) is 18.0 Å². The predicted molar refractivity (Wildman–Crippen MR) is 54.3 cm³/mol. The van der Waals surface area contributed by atoms with Crippen molar-refractivity contribution in [3.05, 3.63) is 54.1 Å². The number of hydrogen-bond acceptors (Lipinski definition) is 2. The van der Waals surface area contributed by atoms with E-state index in [1.807, 2.05) is 0 Å². The molecule has 0 saturated carbocycles. The van der Waals surface area contributed by atoms with Crippen LogP contribution in [-0.2, 0) is 0 Å². The van der Waals surface area contributed by atoms with Crippen LogP contribution in [0, 0.1) is 17.1 Å². The molecule has 15 heavy (non-hydrogen) atoms. The van der Waals surface area contributed by atoms with Gasteiger partial charge in [0.1, 0.15) is 11.9 Å². The first-order valence-corrected chi connectivity index (χ1v) is 4.41. The number of aromatic nitrogens is 1. The smallest absolute Gasteiger partial charge is 0.123 e. The molecule has 0 spiro atoms. The largest absolute Gasteiger partial charge is 0.263 e. The van der Waals surface area contributed by atoms with E-state index in [0.29, 0.717) is 5.56 Å². The predicted octanol–water partition coefficient (Wildman–Crippen LogP) is 2.76. The van der Waals surface area contributed by atoms with Gasteiger partial charge in [0.2, 0.25) is 0 Å². The van der Waals surface area contributed by atoms with Crippen molar-refractivity contribution in [1.29, 1.82) is 5.26 Å². The Morgan fingerprint density at radius 2 is 1.87 bits per heavy atom. The van der Waals surface area contributed by atoms with Crippen molar-refractivity contribution in [2.24, 2.45) is 0 Å². The average Bonchev–Trinajstić information content (AvgIpc) is 2.30. The molecular weight excluding hydrogens is 191 g/mol. The average molecular weight is 198 g/mol. The monoisotopic (exact) mass is 198 g/mol. The summed E-state index contributed by atoms with van der Waals surface area (Å²) in [5, 5.41) is 8.87. The standard InChI is InChI=1S/C12H7FN2/c13-11-3-1-9(2-4-11)12-5-6-15-8-10(12)7-14/h1-6,8H. The van der Waals surface area contributed by atoms with Gasteiger partial charge in [-0.25, -0.2) is 4.39 Å². The van der Waals surface area contributed by atoms with Crippen molar-refractivity contribution in [2.45, 2.75) is 0 Å². The Labute approximate surface area is 86.6 Å². The molecule has 72 valence electrons. The van der Waals surface area contributed by atoms with Crippen LogP contribution < -0.4 is 0 Å². The summed E-state index contributed by atoms with van der Waals surface area (Å²) in [5.41, 5.74) is 2.08. The minimum atomic E-state index is -0.286. The maximum atomic E-state index is 12.7. The van der Waals surface area contributed by atoms with Gasteiger partial charge in [-0.05, 0) is 23.8 Å². The second-order valence-electron chi connectivity index (χ2n) is 3.04. The minimum Gasteiger partial charge on any atom is -0.263 e. The number of rotatable bonds is 1. The zero-order valence-electron chi connectivity index (χ0n) is 7.81. The molecule has 0 radical (unpaired) electrons. The second kappa shape index (κ2) is 3.89. The summed E-state index contributed by atoms with van der Waals surface area (Å²) in [7, 11) is 0. The van der Waals surface area contributed by atoms with Crippen LogP contribution in [-0.4, -0.2) is 4.98 Å². The fraction of sp³-hybridized carbons (Fsp3) is 0. The number of pyridine rings is 1. The molecule has 2 nitrogen and oxygen atoms in total. The first kappa shape index (κ1) is 9.35. The van der Waals surface area contributed by atoms with Crippen molar-refractivity contribution in [2.75, 3.05) is 0 Å². The second-order valence-corrected chi connectivity index (χ2v) is 3.04. The molecule has 0 N–H and O–H groups in total. The summed E-state index contributed by atoms with van der Waals surface area (Å²) in [4.78, 5) is 3.86. The number of hydrogen-bond donors (Lipinski definition) is 0. The van der Waals surface area contributed by atoms with Gasteiger partial charge in [0.15, 0.2) is 0 Å². The molecule has 0 fully saturated rings. The minimum absolute atomic E-state index is 0.286. The van der Waals surface area contributed by atoms with E-state index in [1.54, 1.807) is 24.4 Å². The van der Waals surface area contributed by atoms with E-state index in [9.17, 15) is 4.39 Å². The van der Waals surface area contributed by atoms with Crippen LogP contribution in [0.4, 0.5) is 4.39 Å². The third kappa shape index (κ3) is 1.84. The van der Waals surface area contributed by atoms with Crippen molar-refractivity contribution in [3.63, 3.8) is 0 Å². The molecule has 0 amide bonds. The Morgan fingerprint density at radius 3 is 2.53 bits per heavy atom. The Balaban J connectivity index is 2.55. The molecule has 0 aliphatic rings. The SMILES string of the molecule is N#Cc1cnccc1-c1ccc(F)cc1. The molecule has 0 unspecified atom stereocenters. The molecule has 1 aromatic heterocycles. The lowest BCUT2D eigenvalue weighted by atomic mass is 10.0. The van der Waals surface area contributed by atoms with E-state index in [0.717, 1.165) is 11.1 Å². The van der Waals surface area contributed by atoms with E-state index in [-0.39, 0.29) is 5.82 Å². The summed E-state index contributed by atoms with van der Waals surface area (Å²) in [6, 6.07) is 9.83. The number of benzene rings is 1. The lowest BCUT2D eigenvalue weighted by Gasteiger charge is -2.02. The molecule has 3 heteroatoms. The van der Waals surface area contributed by atoms with Crippen LogP contribution in [0.25, 0.3) is 11.1 Å². The normalized spacial score (nSPS) is 9.60. The molecule has 2 rings (SSSR count). The molecule has 0 atom stereocenters. The van der Waals surface area contributed by atoms with E-state index in [4.69, 9.17) is 5.26 Å². The highest BCUT2D eigenvalue weighted by molar-refractivity contribution is 5.69. The molecule has 0 aliphatic carbocycles. The van der Waals surface area contributed by atoms with Gasteiger partial charge in [0.25, 0.3) is 0 Å². The van der Waals surface area contributed by atoms with Crippen molar-refractivity contribution in [3.8, 4) is 17.2 Å². The van der Waals surface area contributed by atoms with Gasteiger partial charge in [-0.1, -0.05) is 12.1 Å². The highest BCUT2D eigenvalue weighted by Crippen LogP contribution is 2.22. The summed E-state index contributed by atoms with van der Waals surface area (Å²) < 4.78 is 12.7. The van der Waals surface area contributed by atoms with Gasteiger partial charge < -0.3 is 0 Å². The number of halogens is 1. The Hall–Kier alpha value is -2.21. The highest BCUT2D eigenvalue weighted by atomic mass is 19.1. The van der Waals surface area contributed by atoms with Crippen LogP contribution in [0.1, 0.15) is 5.56 Å². The molecule has 0 aliphatic heterocycles. The first-order chi connectivity index (χ1) is 7.31. The number of nitrogens with zero attached hydrogens (tertiary/aromatic N) is 2. The lowest BCUT2D eigenvalue weighted by Crippen LogP contribution is -1.85. The highest BCUT2D eigenvalue weighted by Gasteiger charge is 2.03. The van der Waals surface area contributed by atoms with E-state index >= 15 is 0 Å². The van der Waals surface area contributed by atoms with Crippen LogP contribution in [0.5, 0.6) is 0 Å². The quantitative estimate of drug-likeness (QED) is 0.706. The van der Waals surface area contributed by atoms with Gasteiger partial charge >= 0.3 is 0 Å². The summed E-state index contributed by atoms with van der Waals surface area (Å²) in [6.07, 6.45) is 3.11. The fourth-order valence-corrected chi connectivity index (χ4v) is 1.36. The summed E-state index contributed by atoms with van der Waals surface area (Å²) in [5.74, 6) is -0.286. The van der Waals surface area contributed by atoms with Crippen molar-refractivity contribution in [1.82, 2.24) is 4.98 Å². The maximum absolute atomic E-state index is 12.7. The van der Waals surface area contributed by atoms with Crippen molar-refractivity contribution >= 4 is 0 Å². The van der Waals surface area contributed by atoms with Crippen LogP contribution >= 0.6 is 0 Å². The first-order valence-electron chi connectivity index (χ1n) is 4.41. The van der Waals surface area contributed by atoms with Crippen LogP contribution in [0.2, 0.25) is 0 Å². The zero-order valence-corrected chi connectivity index (χ0v) is 7.81. The Morgan fingerprint density at radius 1 is 1.13 bits per heavy atom. The molecule has 1 aromatic carbocycles. The summed E-state index contributed by atoms with van der Waals surface area (Å²) in [6.45, 7) is 0.